The normalized spacial score (nSPS) is 21.9. The average Bonchev–Trinajstić information content (AvgIpc) is 3.20. The van der Waals surface area contributed by atoms with E-state index in [2.05, 4.69) is 27.1 Å². The summed E-state index contributed by atoms with van der Waals surface area (Å²) in [6.07, 6.45) is 9.80. The Morgan fingerprint density at radius 2 is 2.08 bits per heavy atom. The number of aryl methyl sites for hydroxylation is 1. The fourth-order valence-corrected chi connectivity index (χ4v) is 6.02. The Morgan fingerprint density at radius 3 is 2.90 bits per heavy atom. The summed E-state index contributed by atoms with van der Waals surface area (Å²) >= 11 is 0. The van der Waals surface area contributed by atoms with Crippen molar-refractivity contribution in [1.82, 2.24) is 34.7 Å². The number of aromatic amines is 1. The van der Waals surface area contributed by atoms with Gasteiger partial charge >= 0.3 is 0 Å². The van der Waals surface area contributed by atoms with Crippen LogP contribution >= 0.6 is 0 Å². The van der Waals surface area contributed by atoms with Gasteiger partial charge in [-0.1, -0.05) is 0 Å². The maximum Gasteiger partial charge on any atom is 0.240 e. The van der Waals surface area contributed by atoms with Crippen LogP contribution in [-0.2, 0) is 20.1 Å². The van der Waals surface area contributed by atoms with Gasteiger partial charge in [0.2, 0.25) is 11.8 Å². The number of benzene rings is 1. The number of aromatic nitrogens is 6. The SMILES string of the molecule is CC1Oc2c(cnn2C)-c2cc3c(n[nH]c3cc2F)/C=C/c2c(OCC3CC3)nn(CCO)c2CN2CCC[C@H]12. The minimum absolute atomic E-state index is 0.0234. The quantitative estimate of drug-likeness (QED) is 0.389. The molecule has 210 valence electrons. The molecule has 2 aliphatic heterocycles. The Balaban J connectivity index is 1.40. The molecule has 2 bridgehead atoms. The first-order chi connectivity index (χ1) is 19.5. The van der Waals surface area contributed by atoms with Crippen LogP contribution < -0.4 is 9.47 Å². The molecular formula is C29H34FN7O3. The first-order valence-electron chi connectivity index (χ1n) is 14.1. The summed E-state index contributed by atoms with van der Waals surface area (Å²) in [4.78, 5) is 2.42. The fraction of sp³-hybridized carbons (Fsp3) is 0.483. The third-order valence-corrected chi connectivity index (χ3v) is 8.40. The molecule has 5 heterocycles. The van der Waals surface area contributed by atoms with Gasteiger partial charge in [0, 0.05) is 36.7 Å². The van der Waals surface area contributed by atoms with Crippen molar-refractivity contribution in [3.63, 3.8) is 0 Å². The molecule has 40 heavy (non-hydrogen) atoms. The molecule has 10 nitrogen and oxygen atoms in total. The minimum atomic E-state index is -0.368. The molecule has 0 spiro atoms. The number of rotatable bonds is 5. The molecule has 3 aromatic heterocycles. The molecule has 2 fully saturated rings. The van der Waals surface area contributed by atoms with Crippen molar-refractivity contribution >= 4 is 23.1 Å². The molecule has 11 heteroatoms. The van der Waals surface area contributed by atoms with E-state index in [4.69, 9.17) is 14.6 Å². The highest BCUT2D eigenvalue weighted by atomic mass is 19.1. The lowest BCUT2D eigenvalue weighted by molar-refractivity contribution is 0.0920. The van der Waals surface area contributed by atoms with Crippen molar-refractivity contribution in [3.8, 4) is 22.9 Å². The average molecular weight is 548 g/mol. The predicted molar refractivity (Wildman–Crippen MR) is 148 cm³/mol. The maximum absolute atomic E-state index is 15.4. The molecule has 1 aromatic carbocycles. The number of aliphatic hydroxyl groups is 1. The lowest BCUT2D eigenvalue weighted by Crippen LogP contribution is -2.41. The molecular weight excluding hydrogens is 513 g/mol. The molecule has 7 rings (SSSR count). The Kier molecular flexibility index (Phi) is 6.35. The molecule has 4 aromatic rings. The molecule has 2 N–H and O–H groups in total. The highest BCUT2D eigenvalue weighted by Crippen LogP contribution is 2.38. The second kappa shape index (κ2) is 10.0. The van der Waals surface area contributed by atoms with Crippen LogP contribution in [0.15, 0.2) is 18.3 Å². The third kappa shape index (κ3) is 4.46. The van der Waals surface area contributed by atoms with Crippen LogP contribution in [0.5, 0.6) is 11.8 Å². The van der Waals surface area contributed by atoms with E-state index >= 15 is 4.39 Å². The zero-order chi connectivity index (χ0) is 27.4. The standard InChI is InChI=1S/C29H34FN7O3/c1-17-26-4-3-9-36(26)15-27-19(28(34-37(27)10-11-38)39-16-18-5-6-18)7-8-24-21-12-20(23(30)13-25(21)33-32-24)22-14-31-35(2)29(22)40-17/h7-8,12-14,17-18,26,38H,3-6,9-11,15-16H2,1-2H3,(H,32,33)/b8-7+/t17?,26-/m1/s1. The number of ether oxygens (including phenoxy) is 2. The highest BCUT2D eigenvalue weighted by Gasteiger charge is 2.34. The van der Waals surface area contributed by atoms with Crippen LogP contribution in [0.1, 0.15) is 49.6 Å². The van der Waals surface area contributed by atoms with Crippen LogP contribution in [0.3, 0.4) is 0 Å². The van der Waals surface area contributed by atoms with Gasteiger partial charge in [-0.2, -0.15) is 10.2 Å². The van der Waals surface area contributed by atoms with E-state index in [0.29, 0.717) is 59.7 Å². The summed E-state index contributed by atoms with van der Waals surface area (Å²) in [6.45, 7) is 4.60. The molecule has 1 saturated heterocycles. The fourth-order valence-electron chi connectivity index (χ4n) is 6.02. The predicted octanol–water partition coefficient (Wildman–Crippen LogP) is 4.00. The lowest BCUT2D eigenvalue weighted by atomic mass is 10.0. The van der Waals surface area contributed by atoms with Crippen molar-refractivity contribution in [2.75, 3.05) is 19.8 Å². The van der Waals surface area contributed by atoms with Gasteiger partial charge in [0.05, 0.1) is 54.0 Å². The monoisotopic (exact) mass is 547 g/mol. The van der Waals surface area contributed by atoms with Gasteiger partial charge in [0.15, 0.2) is 0 Å². The van der Waals surface area contributed by atoms with E-state index in [9.17, 15) is 5.11 Å². The zero-order valence-electron chi connectivity index (χ0n) is 22.8. The third-order valence-electron chi connectivity index (χ3n) is 8.40. The minimum Gasteiger partial charge on any atom is -0.476 e. The van der Waals surface area contributed by atoms with E-state index in [0.717, 1.165) is 36.0 Å². The van der Waals surface area contributed by atoms with Crippen molar-refractivity contribution < 1.29 is 19.0 Å². The molecule has 2 atom stereocenters. The van der Waals surface area contributed by atoms with Gasteiger partial charge < -0.3 is 14.6 Å². The molecule has 0 radical (unpaired) electrons. The number of hydrogen-bond donors (Lipinski definition) is 2. The van der Waals surface area contributed by atoms with Crippen LogP contribution in [0.2, 0.25) is 0 Å². The number of halogens is 1. The first kappa shape index (κ1) is 25.3. The van der Waals surface area contributed by atoms with Gasteiger partial charge in [-0.05, 0) is 63.3 Å². The molecule has 3 aliphatic rings. The van der Waals surface area contributed by atoms with E-state index < -0.39 is 0 Å². The Bertz CT molecular complexity index is 1580. The van der Waals surface area contributed by atoms with E-state index in [-0.39, 0.29) is 24.6 Å². The largest absolute Gasteiger partial charge is 0.476 e. The topological polar surface area (TPSA) is 106 Å². The summed E-state index contributed by atoms with van der Waals surface area (Å²) in [5.74, 6) is 1.31. The molecule has 1 aliphatic carbocycles. The van der Waals surface area contributed by atoms with Gasteiger partial charge in [0.1, 0.15) is 11.9 Å². The smallest absolute Gasteiger partial charge is 0.240 e. The highest BCUT2D eigenvalue weighted by molar-refractivity contribution is 5.93. The second-order valence-corrected chi connectivity index (χ2v) is 11.2. The summed E-state index contributed by atoms with van der Waals surface area (Å²) < 4.78 is 31.8. The van der Waals surface area contributed by atoms with Gasteiger partial charge in [-0.3, -0.25) is 14.7 Å². The number of nitrogens with one attached hydrogen (secondary N) is 1. The molecule has 0 amide bonds. The number of nitrogens with zero attached hydrogens (tertiary/aromatic N) is 6. The van der Waals surface area contributed by atoms with E-state index in [1.54, 1.807) is 10.9 Å². The summed E-state index contributed by atoms with van der Waals surface area (Å²) in [5.41, 5.74) is 4.18. The summed E-state index contributed by atoms with van der Waals surface area (Å²) in [6, 6.07) is 3.42. The summed E-state index contributed by atoms with van der Waals surface area (Å²) in [7, 11) is 1.82. The number of aliphatic hydroxyl groups excluding tert-OH is 1. The number of H-pyrrole nitrogens is 1. The number of hydrogen-bond acceptors (Lipinski definition) is 7. The summed E-state index contributed by atoms with van der Waals surface area (Å²) in [5, 5.41) is 27.3. The van der Waals surface area contributed by atoms with Crippen LogP contribution in [0.25, 0.3) is 34.2 Å². The second-order valence-electron chi connectivity index (χ2n) is 11.2. The van der Waals surface area contributed by atoms with E-state index in [1.165, 1.54) is 18.9 Å². The van der Waals surface area contributed by atoms with Crippen LogP contribution in [-0.4, -0.2) is 71.7 Å². The number of fused-ring (bicyclic) bond motifs is 5. The van der Waals surface area contributed by atoms with E-state index in [1.807, 2.05) is 29.9 Å². The van der Waals surface area contributed by atoms with Crippen molar-refractivity contribution in [1.29, 1.82) is 0 Å². The molecule has 1 saturated carbocycles. The van der Waals surface area contributed by atoms with Gasteiger partial charge in [-0.25, -0.2) is 9.07 Å². The van der Waals surface area contributed by atoms with Crippen molar-refractivity contribution in [2.45, 2.75) is 57.8 Å². The van der Waals surface area contributed by atoms with Gasteiger partial charge in [0.25, 0.3) is 0 Å². The van der Waals surface area contributed by atoms with Crippen molar-refractivity contribution in [3.05, 3.63) is 41.1 Å². The van der Waals surface area contributed by atoms with Crippen molar-refractivity contribution in [2.24, 2.45) is 13.0 Å². The Morgan fingerprint density at radius 1 is 1.20 bits per heavy atom. The maximum atomic E-state index is 15.4. The lowest BCUT2D eigenvalue weighted by Gasteiger charge is -2.30. The zero-order valence-corrected chi connectivity index (χ0v) is 22.8. The Labute approximate surface area is 231 Å². The molecule has 1 unspecified atom stereocenters. The van der Waals surface area contributed by atoms with Crippen LogP contribution in [0.4, 0.5) is 4.39 Å². The van der Waals surface area contributed by atoms with Crippen LogP contribution in [0, 0.1) is 11.7 Å². The first-order valence-corrected chi connectivity index (χ1v) is 14.1. The van der Waals surface area contributed by atoms with Gasteiger partial charge in [-0.15, -0.1) is 5.10 Å². The Hall–Kier alpha value is -3.70.